The molecule has 2 aromatic rings. The standard InChI is InChI=1S/C25H28N2O5/c1-4-16-32-20-12-8-18(9-13-20)23(29)21-22(17-6-10-19(28)11-7-17)27(25(31)24(21)30)15-5-14-26(2)3/h4,6-13,22,28-29H,1,5,14-16H2,2-3H3/b23-21+/t22-/m0/s1. The molecule has 0 saturated carbocycles. The van der Waals surface area contributed by atoms with Crippen molar-refractivity contribution < 1.29 is 24.5 Å². The molecule has 0 radical (unpaired) electrons. The Labute approximate surface area is 187 Å². The van der Waals surface area contributed by atoms with Crippen LogP contribution in [0.2, 0.25) is 0 Å². The number of benzene rings is 2. The van der Waals surface area contributed by atoms with E-state index < -0.39 is 17.7 Å². The van der Waals surface area contributed by atoms with Gasteiger partial charge in [-0.25, -0.2) is 0 Å². The highest BCUT2D eigenvalue weighted by molar-refractivity contribution is 6.46. The minimum atomic E-state index is -0.741. The zero-order valence-corrected chi connectivity index (χ0v) is 18.3. The summed E-state index contributed by atoms with van der Waals surface area (Å²) in [5, 5.41) is 20.7. The molecule has 1 saturated heterocycles. The highest BCUT2D eigenvalue weighted by Gasteiger charge is 2.45. The van der Waals surface area contributed by atoms with Crippen molar-refractivity contribution in [1.82, 2.24) is 9.80 Å². The number of likely N-dealkylation sites (tertiary alicyclic amines) is 1. The number of aliphatic hydroxyl groups excluding tert-OH is 1. The summed E-state index contributed by atoms with van der Waals surface area (Å²) in [7, 11) is 3.88. The van der Waals surface area contributed by atoms with Crippen LogP contribution in [-0.2, 0) is 9.59 Å². The van der Waals surface area contributed by atoms with Crippen LogP contribution in [0.25, 0.3) is 5.76 Å². The Morgan fingerprint density at radius 1 is 1.12 bits per heavy atom. The lowest BCUT2D eigenvalue weighted by molar-refractivity contribution is -0.139. The first-order valence-electron chi connectivity index (χ1n) is 10.4. The normalized spacial score (nSPS) is 17.7. The number of Topliss-reactive ketones (excluding diaryl/α,β-unsaturated/α-hetero) is 1. The van der Waals surface area contributed by atoms with E-state index in [1.807, 2.05) is 19.0 Å². The first-order chi connectivity index (χ1) is 15.3. The van der Waals surface area contributed by atoms with Gasteiger partial charge in [-0.15, -0.1) is 0 Å². The molecule has 0 unspecified atom stereocenters. The summed E-state index contributed by atoms with van der Waals surface area (Å²) in [4.78, 5) is 29.4. The van der Waals surface area contributed by atoms with E-state index in [-0.39, 0.29) is 17.1 Å². The van der Waals surface area contributed by atoms with Gasteiger partial charge in [0, 0.05) is 12.1 Å². The van der Waals surface area contributed by atoms with Crippen LogP contribution in [0.1, 0.15) is 23.6 Å². The van der Waals surface area contributed by atoms with Gasteiger partial charge in [-0.05, 0) is 69.0 Å². The summed E-state index contributed by atoms with van der Waals surface area (Å²) >= 11 is 0. The summed E-state index contributed by atoms with van der Waals surface area (Å²) in [5.41, 5.74) is 1.08. The van der Waals surface area contributed by atoms with Gasteiger partial charge in [-0.3, -0.25) is 9.59 Å². The molecule has 168 valence electrons. The number of ketones is 1. The van der Waals surface area contributed by atoms with Crippen molar-refractivity contribution in [3.63, 3.8) is 0 Å². The summed E-state index contributed by atoms with van der Waals surface area (Å²) < 4.78 is 5.46. The van der Waals surface area contributed by atoms with E-state index in [0.717, 1.165) is 6.54 Å². The predicted molar refractivity (Wildman–Crippen MR) is 122 cm³/mol. The Morgan fingerprint density at radius 3 is 2.38 bits per heavy atom. The Morgan fingerprint density at radius 2 is 1.78 bits per heavy atom. The van der Waals surface area contributed by atoms with Crippen LogP contribution in [0.15, 0.2) is 66.8 Å². The predicted octanol–water partition coefficient (Wildman–Crippen LogP) is 3.33. The summed E-state index contributed by atoms with van der Waals surface area (Å²) in [6.45, 7) is 5.06. The molecule has 0 spiro atoms. The number of carbonyl (C=O) groups is 2. The molecule has 1 aliphatic rings. The molecule has 1 amide bonds. The van der Waals surface area contributed by atoms with Crippen molar-refractivity contribution in [2.75, 3.05) is 33.8 Å². The first kappa shape index (κ1) is 23.1. The second-order valence-electron chi connectivity index (χ2n) is 7.86. The molecule has 0 aromatic heterocycles. The smallest absolute Gasteiger partial charge is 0.295 e. The third-order valence-corrected chi connectivity index (χ3v) is 5.25. The van der Waals surface area contributed by atoms with E-state index in [4.69, 9.17) is 4.74 Å². The Balaban J connectivity index is 2.02. The van der Waals surface area contributed by atoms with E-state index >= 15 is 0 Å². The number of carbonyl (C=O) groups excluding carboxylic acids is 2. The number of aliphatic hydroxyl groups is 1. The maximum absolute atomic E-state index is 13.0. The van der Waals surface area contributed by atoms with Crippen molar-refractivity contribution in [1.29, 1.82) is 0 Å². The first-order valence-corrected chi connectivity index (χ1v) is 10.4. The fourth-order valence-electron chi connectivity index (χ4n) is 3.69. The molecule has 3 rings (SSSR count). The van der Waals surface area contributed by atoms with Crippen LogP contribution in [0.4, 0.5) is 0 Å². The Hall–Kier alpha value is -3.58. The topological polar surface area (TPSA) is 90.3 Å². The Bertz CT molecular complexity index is 1010. The SMILES string of the molecule is C=CCOc1ccc(/C(O)=C2\C(=O)C(=O)N(CCCN(C)C)[C@H]2c2ccc(O)cc2)cc1. The number of phenols is 1. The van der Waals surface area contributed by atoms with Gasteiger partial charge in [0.05, 0.1) is 11.6 Å². The highest BCUT2D eigenvalue weighted by Crippen LogP contribution is 2.40. The van der Waals surface area contributed by atoms with E-state index in [9.17, 15) is 19.8 Å². The van der Waals surface area contributed by atoms with E-state index in [1.165, 1.54) is 17.0 Å². The van der Waals surface area contributed by atoms with Gasteiger partial charge >= 0.3 is 0 Å². The average Bonchev–Trinajstić information content (AvgIpc) is 3.03. The van der Waals surface area contributed by atoms with Crippen LogP contribution in [0.3, 0.4) is 0 Å². The van der Waals surface area contributed by atoms with Gasteiger partial charge < -0.3 is 24.7 Å². The van der Waals surface area contributed by atoms with Gasteiger partial charge in [-0.1, -0.05) is 24.8 Å². The summed E-state index contributed by atoms with van der Waals surface area (Å²) in [6, 6.07) is 12.2. The minimum absolute atomic E-state index is 0.0327. The molecule has 7 heteroatoms. The van der Waals surface area contributed by atoms with E-state index in [0.29, 0.717) is 36.4 Å². The lowest BCUT2D eigenvalue weighted by Crippen LogP contribution is -2.32. The van der Waals surface area contributed by atoms with Crippen molar-refractivity contribution in [3.05, 3.63) is 77.9 Å². The Kier molecular flexibility index (Phi) is 7.33. The van der Waals surface area contributed by atoms with Crippen molar-refractivity contribution >= 4 is 17.4 Å². The molecule has 0 bridgehead atoms. The largest absolute Gasteiger partial charge is 0.508 e. The maximum Gasteiger partial charge on any atom is 0.295 e. The number of hydrogen-bond acceptors (Lipinski definition) is 6. The lowest BCUT2D eigenvalue weighted by atomic mass is 9.95. The number of hydrogen-bond donors (Lipinski definition) is 2. The lowest BCUT2D eigenvalue weighted by Gasteiger charge is -2.26. The van der Waals surface area contributed by atoms with Crippen molar-refractivity contribution in [2.45, 2.75) is 12.5 Å². The average molecular weight is 437 g/mol. The molecule has 1 atom stereocenters. The van der Waals surface area contributed by atoms with Crippen LogP contribution in [-0.4, -0.2) is 65.5 Å². The minimum Gasteiger partial charge on any atom is -0.508 e. The second kappa shape index (κ2) is 10.2. The summed E-state index contributed by atoms with van der Waals surface area (Å²) in [5.74, 6) is -0.937. The van der Waals surface area contributed by atoms with Gasteiger partial charge in [0.1, 0.15) is 23.9 Å². The van der Waals surface area contributed by atoms with Gasteiger partial charge in [-0.2, -0.15) is 0 Å². The van der Waals surface area contributed by atoms with Gasteiger partial charge in [0.15, 0.2) is 0 Å². The third kappa shape index (κ3) is 5.00. The molecular formula is C25H28N2O5. The van der Waals surface area contributed by atoms with Crippen molar-refractivity contribution in [2.24, 2.45) is 0 Å². The van der Waals surface area contributed by atoms with Crippen molar-refractivity contribution in [3.8, 4) is 11.5 Å². The van der Waals surface area contributed by atoms with Gasteiger partial charge in [0.2, 0.25) is 0 Å². The number of aromatic hydroxyl groups is 1. The van der Waals surface area contributed by atoms with Crippen LogP contribution in [0, 0.1) is 0 Å². The molecule has 2 aromatic carbocycles. The molecule has 32 heavy (non-hydrogen) atoms. The molecule has 1 aliphatic heterocycles. The highest BCUT2D eigenvalue weighted by atomic mass is 16.5. The van der Waals surface area contributed by atoms with Crippen LogP contribution >= 0.6 is 0 Å². The quantitative estimate of drug-likeness (QED) is 0.271. The number of rotatable bonds is 9. The zero-order valence-electron chi connectivity index (χ0n) is 18.3. The van der Waals surface area contributed by atoms with E-state index in [1.54, 1.807) is 42.5 Å². The molecule has 1 heterocycles. The van der Waals surface area contributed by atoms with Crippen LogP contribution < -0.4 is 4.74 Å². The van der Waals surface area contributed by atoms with Crippen LogP contribution in [0.5, 0.6) is 11.5 Å². The number of ether oxygens (including phenoxy) is 1. The molecule has 1 fully saturated rings. The molecule has 0 aliphatic carbocycles. The zero-order chi connectivity index (χ0) is 23.3. The fourth-order valence-corrected chi connectivity index (χ4v) is 3.69. The molecule has 2 N–H and O–H groups in total. The second-order valence-corrected chi connectivity index (χ2v) is 7.86. The maximum atomic E-state index is 13.0. The molecule has 7 nitrogen and oxygen atoms in total. The number of nitrogens with zero attached hydrogens (tertiary/aromatic N) is 2. The summed E-state index contributed by atoms with van der Waals surface area (Å²) in [6.07, 6.45) is 2.30. The number of phenolic OH excluding ortho intramolecular Hbond substituents is 1. The number of amides is 1. The van der Waals surface area contributed by atoms with E-state index in [2.05, 4.69) is 6.58 Å². The molecular weight excluding hydrogens is 408 g/mol. The monoisotopic (exact) mass is 436 g/mol. The fraction of sp³-hybridized carbons (Fsp3) is 0.280. The van der Waals surface area contributed by atoms with Gasteiger partial charge in [0.25, 0.3) is 11.7 Å². The third-order valence-electron chi connectivity index (χ3n) is 5.25.